The average molecular weight is 272 g/mol. The summed E-state index contributed by atoms with van der Waals surface area (Å²) in [6.45, 7) is 1.93. The molecule has 0 aromatic rings. The zero-order chi connectivity index (χ0) is 14.4. The molecule has 4 N–H and O–H groups in total. The molecule has 1 rings (SSSR count). The molecule has 1 aliphatic carbocycles. The van der Waals surface area contributed by atoms with Gasteiger partial charge in [0.25, 0.3) is 0 Å². The molecule has 0 aliphatic heterocycles. The number of esters is 1. The molecule has 0 bridgehead atoms. The van der Waals surface area contributed by atoms with Crippen molar-refractivity contribution in [3.8, 4) is 0 Å². The summed E-state index contributed by atoms with van der Waals surface area (Å²) in [7, 11) is 0. The van der Waals surface area contributed by atoms with Crippen LogP contribution in [0.15, 0.2) is 0 Å². The molecule has 7 nitrogen and oxygen atoms in total. The fourth-order valence-corrected chi connectivity index (χ4v) is 1.47. The predicted molar refractivity (Wildman–Crippen MR) is 66.1 cm³/mol. The van der Waals surface area contributed by atoms with Gasteiger partial charge in [-0.05, 0) is 19.3 Å². The Morgan fingerprint density at radius 2 is 2.05 bits per heavy atom. The lowest BCUT2D eigenvalue weighted by molar-refractivity contribution is -0.146. The highest BCUT2D eigenvalue weighted by atomic mass is 16.5. The van der Waals surface area contributed by atoms with Crippen LogP contribution in [0.3, 0.4) is 0 Å². The van der Waals surface area contributed by atoms with Gasteiger partial charge in [-0.25, -0.2) is 0 Å². The number of aliphatic carboxylic acids is 1. The standard InChI is InChI=1S/C12H20N2O5/c1-2-8(6-19-12(18)7-3-4-7)14-11(17)9(13)5-10(15)16/h7-9H,2-6,13H2,1H3,(H,14,17)(H,15,16)/t8-,9+/m0/s1. The van der Waals surface area contributed by atoms with E-state index in [-0.39, 0.29) is 24.5 Å². The zero-order valence-electron chi connectivity index (χ0n) is 10.9. The Kier molecular flexibility index (Phi) is 5.75. The molecule has 19 heavy (non-hydrogen) atoms. The minimum atomic E-state index is -1.13. The van der Waals surface area contributed by atoms with Crippen LogP contribution >= 0.6 is 0 Å². The highest BCUT2D eigenvalue weighted by Gasteiger charge is 2.31. The summed E-state index contributed by atoms with van der Waals surface area (Å²) in [6.07, 6.45) is 1.88. The number of ether oxygens (including phenoxy) is 1. The maximum absolute atomic E-state index is 11.6. The highest BCUT2D eigenvalue weighted by Crippen LogP contribution is 2.30. The van der Waals surface area contributed by atoms with E-state index >= 15 is 0 Å². The lowest BCUT2D eigenvalue weighted by Gasteiger charge is -2.19. The first kappa shape index (κ1) is 15.4. The van der Waals surface area contributed by atoms with Crippen molar-refractivity contribution in [2.75, 3.05) is 6.61 Å². The molecule has 0 unspecified atom stereocenters. The SMILES string of the molecule is CC[C@@H](COC(=O)C1CC1)NC(=O)[C@H](N)CC(=O)O. The molecular formula is C12H20N2O5. The number of hydrogen-bond acceptors (Lipinski definition) is 5. The van der Waals surface area contributed by atoms with Crippen molar-refractivity contribution in [1.82, 2.24) is 5.32 Å². The van der Waals surface area contributed by atoms with Crippen molar-refractivity contribution >= 4 is 17.8 Å². The van der Waals surface area contributed by atoms with Crippen molar-refractivity contribution in [2.24, 2.45) is 11.7 Å². The Morgan fingerprint density at radius 1 is 1.42 bits per heavy atom. The zero-order valence-corrected chi connectivity index (χ0v) is 10.9. The van der Waals surface area contributed by atoms with Gasteiger partial charge in [-0.2, -0.15) is 0 Å². The molecule has 0 aromatic heterocycles. The quantitative estimate of drug-likeness (QED) is 0.519. The van der Waals surface area contributed by atoms with Gasteiger partial charge >= 0.3 is 11.9 Å². The Morgan fingerprint density at radius 3 is 2.53 bits per heavy atom. The lowest BCUT2D eigenvalue weighted by Crippen LogP contribution is -2.47. The van der Waals surface area contributed by atoms with E-state index in [1.165, 1.54) is 0 Å². The van der Waals surface area contributed by atoms with E-state index in [4.69, 9.17) is 15.6 Å². The van der Waals surface area contributed by atoms with E-state index in [1.807, 2.05) is 6.92 Å². The normalized spacial score (nSPS) is 17.4. The van der Waals surface area contributed by atoms with Crippen LogP contribution in [0, 0.1) is 5.92 Å². The Labute approximate surface area is 111 Å². The second-order valence-corrected chi connectivity index (χ2v) is 4.72. The molecule has 108 valence electrons. The van der Waals surface area contributed by atoms with E-state index in [0.717, 1.165) is 12.8 Å². The summed E-state index contributed by atoms with van der Waals surface area (Å²) >= 11 is 0. The maximum atomic E-state index is 11.6. The molecule has 1 saturated carbocycles. The van der Waals surface area contributed by atoms with Crippen LogP contribution in [0.1, 0.15) is 32.6 Å². The summed E-state index contributed by atoms with van der Waals surface area (Å²) in [4.78, 5) is 33.4. The topological polar surface area (TPSA) is 119 Å². The number of carbonyl (C=O) groups is 3. The molecule has 1 fully saturated rings. The number of rotatable bonds is 8. The van der Waals surface area contributed by atoms with Gasteiger partial charge in [0, 0.05) is 0 Å². The molecule has 0 heterocycles. The first-order chi connectivity index (χ1) is 8.93. The number of carboxylic acid groups (broad SMARTS) is 1. The van der Waals surface area contributed by atoms with Crippen LogP contribution in [-0.2, 0) is 19.1 Å². The molecule has 7 heteroatoms. The third-order valence-electron chi connectivity index (χ3n) is 2.91. The van der Waals surface area contributed by atoms with Crippen molar-refractivity contribution in [1.29, 1.82) is 0 Å². The third-order valence-corrected chi connectivity index (χ3v) is 2.91. The predicted octanol–water partition coefficient (Wildman–Crippen LogP) is -0.364. The Balaban J connectivity index is 2.31. The molecule has 0 spiro atoms. The molecule has 0 aromatic carbocycles. The minimum Gasteiger partial charge on any atom is -0.481 e. The van der Waals surface area contributed by atoms with E-state index in [9.17, 15) is 14.4 Å². The van der Waals surface area contributed by atoms with Gasteiger partial charge in [0.2, 0.25) is 5.91 Å². The van der Waals surface area contributed by atoms with Gasteiger partial charge in [-0.3, -0.25) is 14.4 Å². The summed E-state index contributed by atoms with van der Waals surface area (Å²) in [5, 5.41) is 11.1. The van der Waals surface area contributed by atoms with Crippen LogP contribution in [0.5, 0.6) is 0 Å². The van der Waals surface area contributed by atoms with E-state index in [2.05, 4.69) is 5.32 Å². The minimum absolute atomic E-state index is 0.0162. The number of nitrogens with two attached hydrogens (primary N) is 1. The number of carbonyl (C=O) groups excluding carboxylic acids is 2. The number of carboxylic acids is 1. The smallest absolute Gasteiger partial charge is 0.309 e. The van der Waals surface area contributed by atoms with Gasteiger partial charge in [-0.1, -0.05) is 6.92 Å². The van der Waals surface area contributed by atoms with Crippen LogP contribution in [0.2, 0.25) is 0 Å². The molecule has 2 atom stereocenters. The highest BCUT2D eigenvalue weighted by molar-refractivity contribution is 5.86. The second kappa shape index (κ2) is 7.08. The van der Waals surface area contributed by atoms with Crippen molar-refractivity contribution in [3.63, 3.8) is 0 Å². The van der Waals surface area contributed by atoms with Crippen LogP contribution in [-0.4, -0.2) is 41.6 Å². The van der Waals surface area contributed by atoms with Crippen molar-refractivity contribution in [2.45, 2.75) is 44.7 Å². The van der Waals surface area contributed by atoms with Gasteiger partial charge < -0.3 is 20.9 Å². The van der Waals surface area contributed by atoms with E-state index < -0.39 is 24.3 Å². The van der Waals surface area contributed by atoms with E-state index in [0.29, 0.717) is 6.42 Å². The van der Waals surface area contributed by atoms with Gasteiger partial charge in [-0.15, -0.1) is 0 Å². The van der Waals surface area contributed by atoms with Crippen molar-refractivity contribution < 1.29 is 24.2 Å². The van der Waals surface area contributed by atoms with Gasteiger partial charge in [0.1, 0.15) is 6.61 Å². The molecule has 0 radical (unpaired) electrons. The third kappa shape index (κ3) is 5.69. The average Bonchev–Trinajstić information content (AvgIpc) is 3.16. The maximum Gasteiger partial charge on any atom is 0.309 e. The van der Waals surface area contributed by atoms with Crippen LogP contribution in [0.4, 0.5) is 0 Å². The van der Waals surface area contributed by atoms with Crippen molar-refractivity contribution in [3.05, 3.63) is 0 Å². The van der Waals surface area contributed by atoms with Crippen LogP contribution in [0.25, 0.3) is 0 Å². The molecular weight excluding hydrogens is 252 g/mol. The Hall–Kier alpha value is -1.63. The first-order valence-corrected chi connectivity index (χ1v) is 6.38. The first-order valence-electron chi connectivity index (χ1n) is 6.38. The van der Waals surface area contributed by atoms with E-state index in [1.54, 1.807) is 0 Å². The number of hydrogen-bond donors (Lipinski definition) is 3. The summed E-state index contributed by atoms with van der Waals surface area (Å²) < 4.78 is 5.07. The monoisotopic (exact) mass is 272 g/mol. The van der Waals surface area contributed by atoms with Gasteiger partial charge in [0.15, 0.2) is 0 Å². The second-order valence-electron chi connectivity index (χ2n) is 4.72. The number of amides is 1. The fourth-order valence-electron chi connectivity index (χ4n) is 1.47. The van der Waals surface area contributed by atoms with Crippen LogP contribution < -0.4 is 11.1 Å². The number of nitrogens with one attached hydrogen (secondary N) is 1. The summed E-state index contributed by atoms with van der Waals surface area (Å²) in [5.74, 6) is -1.89. The summed E-state index contributed by atoms with van der Waals surface area (Å²) in [6, 6.07) is -1.43. The summed E-state index contributed by atoms with van der Waals surface area (Å²) in [5.41, 5.74) is 5.43. The fraction of sp³-hybridized carbons (Fsp3) is 0.750. The molecule has 0 saturated heterocycles. The molecule has 1 aliphatic rings. The Bertz CT molecular complexity index is 354. The lowest BCUT2D eigenvalue weighted by atomic mass is 10.1. The molecule has 1 amide bonds. The largest absolute Gasteiger partial charge is 0.481 e. The van der Waals surface area contributed by atoms with Gasteiger partial charge in [0.05, 0.1) is 24.4 Å².